The van der Waals surface area contributed by atoms with Crippen molar-refractivity contribution in [2.75, 3.05) is 27.2 Å². The highest BCUT2D eigenvalue weighted by molar-refractivity contribution is 5.79. The molecule has 0 rings (SSSR count). The molecule has 0 spiro atoms. The predicted octanol–water partition coefficient (Wildman–Crippen LogP) is 2.01. The van der Waals surface area contributed by atoms with Gasteiger partial charge in [0, 0.05) is 6.54 Å². The summed E-state index contributed by atoms with van der Waals surface area (Å²) < 4.78 is 5.26. The van der Waals surface area contributed by atoms with Crippen LogP contribution in [0.5, 0.6) is 0 Å². The second-order valence-electron chi connectivity index (χ2n) is 6.22. The molecule has 0 bridgehead atoms. The minimum absolute atomic E-state index is 0.270. The van der Waals surface area contributed by atoms with Gasteiger partial charge in [0.2, 0.25) is 0 Å². The van der Waals surface area contributed by atoms with Crippen molar-refractivity contribution >= 4 is 11.9 Å². The Hall–Kier alpha value is -1.10. The van der Waals surface area contributed by atoms with Gasteiger partial charge in [0.25, 0.3) is 0 Å². The van der Waals surface area contributed by atoms with Crippen LogP contribution in [-0.2, 0) is 14.3 Å². The van der Waals surface area contributed by atoms with Gasteiger partial charge in [-0.15, -0.1) is 0 Å². The maximum absolute atomic E-state index is 12.1. The molecule has 0 amide bonds. The lowest BCUT2D eigenvalue weighted by atomic mass is 9.72. The number of carbonyl (C=O) groups is 2. The summed E-state index contributed by atoms with van der Waals surface area (Å²) in [6, 6.07) is 0. The van der Waals surface area contributed by atoms with Gasteiger partial charge in [-0.3, -0.25) is 9.59 Å². The van der Waals surface area contributed by atoms with E-state index in [0.717, 1.165) is 0 Å². The SMILES string of the molecule is CCC(C)(CC(C)(C)C(=O)O)C(=O)OCCN(C)C. The van der Waals surface area contributed by atoms with E-state index in [1.54, 1.807) is 20.8 Å². The van der Waals surface area contributed by atoms with Crippen molar-refractivity contribution in [3.63, 3.8) is 0 Å². The normalized spacial score (nSPS) is 15.1. The van der Waals surface area contributed by atoms with Crippen molar-refractivity contribution in [1.82, 2.24) is 4.90 Å². The van der Waals surface area contributed by atoms with Crippen LogP contribution in [-0.4, -0.2) is 49.2 Å². The molecule has 0 fully saturated rings. The van der Waals surface area contributed by atoms with Crippen molar-refractivity contribution in [3.05, 3.63) is 0 Å². The molecule has 112 valence electrons. The zero-order chi connectivity index (χ0) is 15.3. The Morgan fingerprint density at radius 1 is 1.21 bits per heavy atom. The average Bonchev–Trinajstić information content (AvgIpc) is 2.27. The van der Waals surface area contributed by atoms with Crippen LogP contribution >= 0.6 is 0 Å². The van der Waals surface area contributed by atoms with Crippen LogP contribution in [0.4, 0.5) is 0 Å². The number of aliphatic carboxylic acids is 1. The standard InChI is InChI=1S/C14H27NO4/c1-7-14(4,10-13(2,3)11(16)17)12(18)19-9-8-15(5)6/h7-10H2,1-6H3,(H,16,17). The molecule has 0 aliphatic heterocycles. The van der Waals surface area contributed by atoms with Gasteiger partial charge in [0.05, 0.1) is 10.8 Å². The topological polar surface area (TPSA) is 66.8 Å². The number of esters is 1. The zero-order valence-electron chi connectivity index (χ0n) is 12.9. The summed E-state index contributed by atoms with van der Waals surface area (Å²) in [6.45, 7) is 7.91. The minimum atomic E-state index is -0.939. The third kappa shape index (κ3) is 5.59. The summed E-state index contributed by atoms with van der Waals surface area (Å²) >= 11 is 0. The molecule has 1 N–H and O–H groups in total. The van der Waals surface area contributed by atoms with E-state index in [9.17, 15) is 14.7 Å². The third-order valence-electron chi connectivity index (χ3n) is 3.46. The van der Waals surface area contributed by atoms with E-state index in [1.807, 2.05) is 25.9 Å². The number of ether oxygens (including phenoxy) is 1. The molecule has 5 heteroatoms. The number of carboxylic acids is 1. The smallest absolute Gasteiger partial charge is 0.311 e. The van der Waals surface area contributed by atoms with Crippen molar-refractivity contribution in [2.24, 2.45) is 10.8 Å². The van der Waals surface area contributed by atoms with E-state index in [4.69, 9.17) is 4.74 Å². The summed E-state index contributed by atoms with van der Waals surface area (Å²) in [5.41, 5.74) is -1.69. The molecule has 0 aromatic carbocycles. The molecule has 0 aromatic heterocycles. The van der Waals surface area contributed by atoms with E-state index < -0.39 is 16.8 Å². The number of carboxylic acid groups (broad SMARTS) is 1. The maximum atomic E-state index is 12.1. The van der Waals surface area contributed by atoms with Gasteiger partial charge in [-0.1, -0.05) is 6.92 Å². The Morgan fingerprint density at radius 3 is 2.11 bits per heavy atom. The second-order valence-corrected chi connectivity index (χ2v) is 6.22. The molecule has 19 heavy (non-hydrogen) atoms. The molecular weight excluding hydrogens is 246 g/mol. The van der Waals surface area contributed by atoms with Gasteiger partial charge in [-0.25, -0.2) is 0 Å². The van der Waals surface area contributed by atoms with Crippen LogP contribution in [0, 0.1) is 10.8 Å². The van der Waals surface area contributed by atoms with Gasteiger partial charge in [-0.2, -0.15) is 0 Å². The largest absolute Gasteiger partial charge is 0.481 e. The first-order valence-electron chi connectivity index (χ1n) is 6.60. The lowest BCUT2D eigenvalue weighted by molar-refractivity contribution is -0.160. The lowest BCUT2D eigenvalue weighted by Gasteiger charge is -2.32. The fourth-order valence-corrected chi connectivity index (χ4v) is 1.89. The number of likely N-dealkylation sites (N-methyl/N-ethyl adjacent to an activating group) is 1. The molecule has 0 aliphatic rings. The number of hydrogen-bond donors (Lipinski definition) is 1. The van der Waals surface area contributed by atoms with Crippen LogP contribution in [0.3, 0.4) is 0 Å². The Bertz CT molecular complexity index is 325. The number of hydrogen-bond acceptors (Lipinski definition) is 4. The minimum Gasteiger partial charge on any atom is -0.481 e. The molecule has 0 aromatic rings. The number of rotatable bonds is 8. The Morgan fingerprint density at radius 2 is 1.74 bits per heavy atom. The van der Waals surface area contributed by atoms with Crippen LogP contribution in [0.2, 0.25) is 0 Å². The van der Waals surface area contributed by atoms with E-state index in [0.29, 0.717) is 19.6 Å². The molecule has 1 atom stereocenters. The molecule has 0 radical (unpaired) electrons. The van der Waals surface area contributed by atoms with Gasteiger partial charge in [-0.05, 0) is 47.7 Å². The number of carbonyl (C=O) groups excluding carboxylic acids is 1. The highest BCUT2D eigenvalue weighted by atomic mass is 16.5. The molecular formula is C14H27NO4. The molecule has 5 nitrogen and oxygen atoms in total. The summed E-state index contributed by atoms with van der Waals surface area (Å²) in [4.78, 5) is 25.3. The molecule has 0 saturated heterocycles. The molecule has 1 unspecified atom stereocenters. The third-order valence-corrected chi connectivity index (χ3v) is 3.46. The summed E-state index contributed by atoms with van der Waals surface area (Å²) in [7, 11) is 3.81. The van der Waals surface area contributed by atoms with E-state index >= 15 is 0 Å². The van der Waals surface area contributed by atoms with Gasteiger partial charge in [0.1, 0.15) is 6.61 Å². The van der Waals surface area contributed by atoms with Crippen molar-refractivity contribution in [2.45, 2.75) is 40.5 Å². The van der Waals surface area contributed by atoms with Crippen LogP contribution in [0.15, 0.2) is 0 Å². The Balaban J connectivity index is 4.67. The first-order valence-corrected chi connectivity index (χ1v) is 6.60. The summed E-state index contributed by atoms with van der Waals surface area (Å²) in [5.74, 6) is -1.21. The Labute approximate surface area is 115 Å². The first kappa shape index (κ1) is 17.9. The number of nitrogens with zero attached hydrogens (tertiary/aromatic N) is 1. The molecule has 0 aliphatic carbocycles. The van der Waals surface area contributed by atoms with Crippen molar-refractivity contribution < 1.29 is 19.4 Å². The van der Waals surface area contributed by atoms with Crippen LogP contribution in [0.1, 0.15) is 40.5 Å². The van der Waals surface area contributed by atoms with E-state index in [-0.39, 0.29) is 12.4 Å². The maximum Gasteiger partial charge on any atom is 0.311 e. The summed E-state index contributed by atoms with van der Waals surface area (Å²) in [5, 5.41) is 9.17. The Kier molecular flexibility index (Phi) is 6.49. The molecule has 0 heterocycles. The lowest BCUT2D eigenvalue weighted by Crippen LogP contribution is -2.38. The van der Waals surface area contributed by atoms with Crippen molar-refractivity contribution in [1.29, 1.82) is 0 Å². The fourth-order valence-electron chi connectivity index (χ4n) is 1.89. The average molecular weight is 273 g/mol. The van der Waals surface area contributed by atoms with Gasteiger partial charge in [0.15, 0.2) is 0 Å². The zero-order valence-corrected chi connectivity index (χ0v) is 12.9. The first-order chi connectivity index (χ1) is 8.55. The van der Waals surface area contributed by atoms with Gasteiger partial charge < -0.3 is 14.7 Å². The second kappa shape index (κ2) is 6.89. The monoisotopic (exact) mass is 273 g/mol. The van der Waals surface area contributed by atoms with Crippen molar-refractivity contribution in [3.8, 4) is 0 Å². The summed E-state index contributed by atoms with van der Waals surface area (Å²) in [6.07, 6.45) is 0.830. The molecule has 0 saturated carbocycles. The van der Waals surface area contributed by atoms with E-state index in [2.05, 4.69) is 0 Å². The van der Waals surface area contributed by atoms with Crippen LogP contribution < -0.4 is 0 Å². The van der Waals surface area contributed by atoms with E-state index in [1.165, 1.54) is 0 Å². The predicted molar refractivity (Wildman–Crippen MR) is 73.9 cm³/mol. The quantitative estimate of drug-likeness (QED) is 0.685. The highest BCUT2D eigenvalue weighted by Gasteiger charge is 2.42. The fraction of sp³-hybridized carbons (Fsp3) is 0.857. The highest BCUT2D eigenvalue weighted by Crippen LogP contribution is 2.37. The van der Waals surface area contributed by atoms with Gasteiger partial charge >= 0.3 is 11.9 Å². The van der Waals surface area contributed by atoms with Crippen LogP contribution in [0.25, 0.3) is 0 Å².